The minimum absolute atomic E-state index is 0.0103. The van der Waals surface area contributed by atoms with Crippen molar-refractivity contribution in [3.8, 4) is 16.9 Å². The maximum absolute atomic E-state index is 14.9. The van der Waals surface area contributed by atoms with Crippen LogP contribution in [0.1, 0.15) is 4.88 Å². The largest absolute Gasteiger partial charge is 0.497 e. The number of amides is 2. The lowest BCUT2D eigenvalue weighted by atomic mass is 10.0. The van der Waals surface area contributed by atoms with E-state index in [1.165, 1.54) is 31.5 Å². The Labute approximate surface area is 192 Å². The Morgan fingerprint density at radius 3 is 2.55 bits per heavy atom. The summed E-state index contributed by atoms with van der Waals surface area (Å²) in [5.74, 6) is -0.277. The normalized spacial score (nSPS) is 11.4. The summed E-state index contributed by atoms with van der Waals surface area (Å²) in [6.07, 6.45) is 1.41. The second-order valence-electron chi connectivity index (χ2n) is 7.06. The van der Waals surface area contributed by atoms with Crippen LogP contribution >= 0.6 is 11.3 Å². The van der Waals surface area contributed by atoms with Gasteiger partial charge in [-0.3, -0.25) is 4.79 Å². The topological polar surface area (TPSA) is 117 Å². The fourth-order valence-corrected chi connectivity index (χ4v) is 5.41. The highest BCUT2D eigenvalue weighted by Crippen LogP contribution is 2.26. The number of hydrogen-bond acceptors (Lipinski definition) is 6. The van der Waals surface area contributed by atoms with Crippen LogP contribution in [0, 0.1) is 12.7 Å². The molecule has 0 atom stereocenters. The number of urea groups is 1. The number of nitrogens with one attached hydrogen (secondary N) is 3. The van der Waals surface area contributed by atoms with Crippen molar-refractivity contribution in [1.29, 1.82) is 0 Å². The van der Waals surface area contributed by atoms with E-state index in [1.807, 2.05) is 4.72 Å². The van der Waals surface area contributed by atoms with Crippen molar-refractivity contribution in [3.05, 3.63) is 75.6 Å². The summed E-state index contributed by atoms with van der Waals surface area (Å²) >= 11 is 1.02. The minimum atomic E-state index is -4.05. The van der Waals surface area contributed by atoms with E-state index in [2.05, 4.69) is 10.3 Å². The van der Waals surface area contributed by atoms with Crippen LogP contribution in [0.2, 0.25) is 0 Å². The molecule has 0 spiro atoms. The third-order valence-corrected chi connectivity index (χ3v) is 7.64. The van der Waals surface area contributed by atoms with Gasteiger partial charge in [0.25, 0.3) is 10.0 Å². The second-order valence-corrected chi connectivity index (χ2v) is 10.3. The third kappa shape index (κ3) is 4.59. The van der Waals surface area contributed by atoms with E-state index >= 15 is 0 Å². The Bertz CT molecular complexity index is 1540. The van der Waals surface area contributed by atoms with Gasteiger partial charge in [-0.2, -0.15) is 0 Å². The van der Waals surface area contributed by atoms with Gasteiger partial charge < -0.3 is 15.0 Å². The first-order valence-electron chi connectivity index (χ1n) is 9.57. The third-order valence-electron chi connectivity index (χ3n) is 4.81. The first kappa shape index (κ1) is 22.5. The molecule has 0 saturated carbocycles. The van der Waals surface area contributed by atoms with Crippen molar-refractivity contribution in [3.63, 3.8) is 0 Å². The van der Waals surface area contributed by atoms with Crippen molar-refractivity contribution < 1.29 is 22.3 Å². The van der Waals surface area contributed by atoms with Gasteiger partial charge in [-0.25, -0.2) is 22.3 Å². The van der Waals surface area contributed by atoms with E-state index in [0.717, 1.165) is 22.3 Å². The zero-order valence-corrected chi connectivity index (χ0v) is 19.1. The summed E-state index contributed by atoms with van der Waals surface area (Å²) < 4.78 is 46.4. The molecule has 33 heavy (non-hydrogen) atoms. The van der Waals surface area contributed by atoms with E-state index in [9.17, 15) is 22.4 Å². The monoisotopic (exact) mass is 487 g/mol. The van der Waals surface area contributed by atoms with Crippen LogP contribution in [0.25, 0.3) is 22.0 Å². The van der Waals surface area contributed by atoms with Crippen LogP contribution in [0.4, 0.5) is 14.9 Å². The summed E-state index contributed by atoms with van der Waals surface area (Å²) in [6.45, 7) is 1.74. The van der Waals surface area contributed by atoms with Crippen molar-refractivity contribution in [2.75, 3.05) is 12.4 Å². The van der Waals surface area contributed by atoms with Gasteiger partial charge in [0.05, 0.1) is 7.11 Å². The number of aryl methyl sites for hydroxylation is 1. The van der Waals surface area contributed by atoms with E-state index in [1.54, 1.807) is 31.2 Å². The Hall–Kier alpha value is -3.70. The first-order valence-corrected chi connectivity index (χ1v) is 11.9. The number of aromatic nitrogens is 1. The summed E-state index contributed by atoms with van der Waals surface area (Å²) in [4.78, 5) is 28.8. The standard InChI is InChI=1S/C22H18FN3O5S2/c1-12-3-8-20(32-12)33(29,30)26-22(28)25-13-4-6-15(18(23)9-13)17-11-24-19-7-5-14(31-2)10-16(19)21(17)27/h3-11H,1-2H3,(H,24,27)(H2,25,26,28). The van der Waals surface area contributed by atoms with E-state index in [4.69, 9.17) is 4.74 Å². The molecule has 2 aromatic heterocycles. The van der Waals surface area contributed by atoms with Gasteiger partial charge in [0.1, 0.15) is 15.8 Å². The van der Waals surface area contributed by atoms with E-state index in [0.29, 0.717) is 16.7 Å². The number of methoxy groups -OCH3 is 1. The number of fused-ring (bicyclic) bond motifs is 1. The number of sulfonamides is 1. The number of pyridine rings is 1. The zero-order chi connectivity index (χ0) is 23.8. The second kappa shape index (κ2) is 8.68. The van der Waals surface area contributed by atoms with Crippen molar-refractivity contribution in [2.45, 2.75) is 11.1 Å². The molecule has 4 aromatic rings. The lowest BCUT2D eigenvalue weighted by Crippen LogP contribution is -2.34. The Balaban J connectivity index is 1.58. The molecule has 2 heterocycles. The summed E-state index contributed by atoms with van der Waals surface area (Å²) in [7, 11) is -2.57. The molecule has 8 nitrogen and oxygen atoms in total. The molecule has 2 aromatic carbocycles. The number of anilines is 1. The highest BCUT2D eigenvalue weighted by atomic mass is 32.2. The van der Waals surface area contributed by atoms with Gasteiger partial charge >= 0.3 is 6.03 Å². The van der Waals surface area contributed by atoms with Crippen LogP contribution < -0.4 is 20.2 Å². The predicted octanol–water partition coefficient (Wildman–Crippen LogP) is 4.22. The number of rotatable bonds is 5. The molecule has 11 heteroatoms. The zero-order valence-electron chi connectivity index (χ0n) is 17.4. The number of hydrogen-bond donors (Lipinski definition) is 3. The van der Waals surface area contributed by atoms with Crippen molar-refractivity contribution in [2.24, 2.45) is 0 Å². The van der Waals surface area contributed by atoms with Crippen LogP contribution in [-0.2, 0) is 10.0 Å². The summed E-state index contributed by atoms with van der Waals surface area (Å²) in [6, 6.07) is 10.6. The summed E-state index contributed by atoms with van der Waals surface area (Å²) in [5, 5.41) is 2.62. The molecular formula is C22H18FN3O5S2. The number of carbonyl (C=O) groups excluding carboxylic acids is 1. The maximum atomic E-state index is 14.9. The van der Waals surface area contributed by atoms with Crippen molar-refractivity contribution in [1.82, 2.24) is 9.71 Å². The highest BCUT2D eigenvalue weighted by Gasteiger charge is 2.20. The summed E-state index contributed by atoms with van der Waals surface area (Å²) in [5.41, 5.74) is 0.318. The molecule has 0 bridgehead atoms. The van der Waals surface area contributed by atoms with Gasteiger partial charge in [-0.05, 0) is 55.5 Å². The van der Waals surface area contributed by atoms with E-state index < -0.39 is 27.3 Å². The lowest BCUT2D eigenvalue weighted by Gasteiger charge is -2.10. The first-order chi connectivity index (χ1) is 15.7. The molecule has 0 radical (unpaired) electrons. The molecule has 0 fully saturated rings. The van der Waals surface area contributed by atoms with Crippen LogP contribution in [0.3, 0.4) is 0 Å². The predicted molar refractivity (Wildman–Crippen MR) is 125 cm³/mol. The van der Waals surface area contributed by atoms with Crippen LogP contribution in [0.5, 0.6) is 5.75 Å². The SMILES string of the molecule is COc1ccc2[nH]cc(-c3ccc(NC(=O)NS(=O)(=O)c4ccc(C)s4)cc3F)c(=O)c2c1. The van der Waals surface area contributed by atoms with Gasteiger partial charge in [0.2, 0.25) is 0 Å². The van der Waals surface area contributed by atoms with E-state index in [-0.39, 0.29) is 21.0 Å². The quantitative estimate of drug-likeness (QED) is 0.390. The maximum Gasteiger partial charge on any atom is 0.333 e. The number of H-pyrrole nitrogens is 1. The fraction of sp³-hybridized carbons (Fsp3) is 0.0909. The number of benzene rings is 2. The van der Waals surface area contributed by atoms with Crippen LogP contribution in [-0.4, -0.2) is 26.5 Å². The number of carbonyl (C=O) groups is 1. The Morgan fingerprint density at radius 1 is 1.09 bits per heavy atom. The molecule has 170 valence electrons. The Kier molecular flexibility index (Phi) is 5.91. The molecule has 0 aliphatic carbocycles. The number of halogens is 1. The van der Waals surface area contributed by atoms with Gasteiger partial charge in [-0.15, -0.1) is 11.3 Å². The minimum Gasteiger partial charge on any atom is -0.497 e. The van der Waals surface area contributed by atoms with Crippen molar-refractivity contribution >= 4 is 44.0 Å². The fourth-order valence-electron chi connectivity index (χ4n) is 3.22. The number of thiophene rings is 1. The average Bonchev–Trinajstić information content (AvgIpc) is 3.21. The molecule has 0 aliphatic rings. The van der Waals surface area contributed by atoms with Gasteiger partial charge in [0.15, 0.2) is 5.43 Å². The molecular weight excluding hydrogens is 469 g/mol. The number of aromatic amines is 1. The van der Waals surface area contributed by atoms with Gasteiger partial charge in [-0.1, -0.05) is 0 Å². The smallest absolute Gasteiger partial charge is 0.333 e. The van der Waals surface area contributed by atoms with Gasteiger partial charge in [0, 0.05) is 38.8 Å². The molecule has 0 unspecified atom stereocenters. The molecule has 4 rings (SSSR count). The average molecular weight is 488 g/mol. The number of ether oxygens (including phenoxy) is 1. The Morgan fingerprint density at radius 2 is 1.88 bits per heavy atom. The molecule has 0 aliphatic heterocycles. The van der Waals surface area contributed by atoms with Crippen LogP contribution in [0.15, 0.2) is 63.7 Å². The highest BCUT2D eigenvalue weighted by molar-refractivity contribution is 7.92. The molecule has 0 saturated heterocycles. The lowest BCUT2D eigenvalue weighted by molar-refractivity contribution is 0.256. The molecule has 3 N–H and O–H groups in total. The molecule has 2 amide bonds.